The maximum atomic E-state index is 6.05. The topological polar surface area (TPSA) is 21.7 Å². The molecule has 0 spiro atoms. The molecule has 1 aromatic rings. The van der Waals surface area contributed by atoms with E-state index in [1.54, 1.807) is 0 Å². The van der Waals surface area contributed by atoms with Crippen molar-refractivity contribution in [2.75, 3.05) is 26.2 Å². The third-order valence-corrected chi connectivity index (χ3v) is 4.79. The average molecular weight is 310 g/mol. The lowest BCUT2D eigenvalue weighted by molar-refractivity contribution is -0.0656. The molecule has 116 valence electrons. The van der Waals surface area contributed by atoms with E-state index in [0.29, 0.717) is 6.61 Å². The molecule has 3 rings (SSSR count). The second-order valence-corrected chi connectivity index (χ2v) is 6.59. The Labute approximate surface area is 132 Å². The molecule has 2 aliphatic rings. The SMILES string of the molecule is CC[C@@H]1CCCN(C[C@H]2CO[C@@H](c3ccc(Cl)cc3)O2)C1. The van der Waals surface area contributed by atoms with Crippen molar-refractivity contribution in [1.29, 1.82) is 0 Å². The van der Waals surface area contributed by atoms with E-state index in [4.69, 9.17) is 21.1 Å². The largest absolute Gasteiger partial charge is 0.346 e. The van der Waals surface area contributed by atoms with Crippen LogP contribution in [0.3, 0.4) is 0 Å². The summed E-state index contributed by atoms with van der Waals surface area (Å²) in [4.78, 5) is 2.54. The molecule has 0 aromatic heterocycles. The average Bonchev–Trinajstić information content (AvgIpc) is 2.96. The number of hydrogen-bond acceptors (Lipinski definition) is 3. The minimum absolute atomic E-state index is 0.182. The molecule has 0 aliphatic carbocycles. The fraction of sp³-hybridized carbons (Fsp3) is 0.647. The molecular weight excluding hydrogens is 286 g/mol. The fourth-order valence-corrected chi connectivity index (χ4v) is 3.40. The van der Waals surface area contributed by atoms with Gasteiger partial charge in [0, 0.05) is 23.7 Å². The smallest absolute Gasteiger partial charge is 0.184 e. The maximum Gasteiger partial charge on any atom is 0.184 e. The minimum Gasteiger partial charge on any atom is -0.346 e. The predicted octanol–water partition coefficient (Wildman–Crippen LogP) is 3.88. The number of piperidine rings is 1. The number of benzene rings is 1. The van der Waals surface area contributed by atoms with Crippen LogP contribution < -0.4 is 0 Å². The molecule has 3 nitrogen and oxygen atoms in total. The first-order valence-corrected chi connectivity index (χ1v) is 8.37. The van der Waals surface area contributed by atoms with E-state index in [1.165, 1.54) is 32.4 Å². The van der Waals surface area contributed by atoms with Gasteiger partial charge in [-0.15, -0.1) is 0 Å². The van der Waals surface area contributed by atoms with Gasteiger partial charge in [-0.25, -0.2) is 0 Å². The second kappa shape index (κ2) is 7.10. The van der Waals surface area contributed by atoms with Crippen molar-refractivity contribution >= 4 is 11.6 Å². The first-order chi connectivity index (χ1) is 10.2. The molecule has 1 aromatic carbocycles. The van der Waals surface area contributed by atoms with Crippen LogP contribution >= 0.6 is 11.6 Å². The Hall–Kier alpha value is -0.610. The first kappa shape index (κ1) is 15.3. The van der Waals surface area contributed by atoms with Gasteiger partial charge < -0.3 is 14.4 Å². The number of hydrogen-bond donors (Lipinski definition) is 0. The van der Waals surface area contributed by atoms with Crippen molar-refractivity contribution in [3.63, 3.8) is 0 Å². The van der Waals surface area contributed by atoms with Crippen LogP contribution in [0.2, 0.25) is 5.02 Å². The van der Waals surface area contributed by atoms with E-state index in [0.717, 1.165) is 23.0 Å². The summed E-state index contributed by atoms with van der Waals surface area (Å²) >= 11 is 5.91. The third-order valence-electron chi connectivity index (χ3n) is 4.53. The summed E-state index contributed by atoms with van der Waals surface area (Å²) in [6, 6.07) is 7.72. The monoisotopic (exact) mass is 309 g/mol. The number of halogens is 1. The Kier molecular flexibility index (Phi) is 5.17. The van der Waals surface area contributed by atoms with Gasteiger partial charge in [-0.05, 0) is 37.4 Å². The normalized spacial score (nSPS) is 30.7. The van der Waals surface area contributed by atoms with Gasteiger partial charge in [0.05, 0.1) is 12.7 Å². The van der Waals surface area contributed by atoms with Crippen molar-refractivity contribution < 1.29 is 9.47 Å². The Morgan fingerprint density at radius 1 is 1.29 bits per heavy atom. The summed E-state index contributed by atoms with van der Waals surface area (Å²) in [7, 11) is 0. The minimum atomic E-state index is -0.237. The van der Waals surface area contributed by atoms with Crippen LogP contribution in [0.4, 0.5) is 0 Å². The molecule has 2 fully saturated rings. The molecular formula is C17H24ClNO2. The predicted molar refractivity (Wildman–Crippen MR) is 84.5 cm³/mol. The lowest BCUT2D eigenvalue weighted by atomic mass is 9.95. The van der Waals surface area contributed by atoms with Gasteiger partial charge in [-0.3, -0.25) is 0 Å². The van der Waals surface area contributed by atoms with Gasteiger partial charge in [0.2, 0.25) is 0 Å². The molecule has 2 aliphatic heterocycles. The van der Waals surface area contributed by atoms with Crippen LogP contribution in [0.15, 0.2) is 24.3 Å². The molecule has 0 unspecified atom stereocenters. The standard InChI is InChI=1S/C17H24ClNO2/c1-2-13-4-3-9-19(10-13)11-16-12-20-17(21-16)14-5-7-15(18)8-6-14/h5-8,13,16-17H,2-4,9-12H2,1H3/t13-,16+,17-/m1/s1. The van der Waals surface area contributed by atoms with Crippen molar-refractivity contribution in [2.45, 2.75) is 38.6 Å². The maximum absolute atomic E-state index is 6.05. The Bertz CT molecular complexity index is 451. The van der Waals surface area contributed by atoms with Crippen molar-refractivity contribution in [2.24, 2.45) is 5.92 Å². The third kappa shape index (κ3) is 3.98. The summed E-state index contributed by atoms with van der Waals surface area (Å²) in [6.07, 6.45) is 3.92. The number of rotatable bonds is 4. The highest BCUT2D eigenvalue weighted by molar-refractivity contribution is 6.30. The van der Waals surface area contributed by atoms with Gasteiger partial charge >= 0.3 is 0 Å². The Morgan fingerprint density at radius 3 is 2.86 bits per heavy atom. The number of likely N-dealkylation sites (tertiary alicyclic amines) is 1. The molecule has 2 saturated heterocycles. The molecule has 0 N–H and O–H groups in total. The summed E-state index contributed by atoms with van der Waals surface area (Å²) in [6.45, 7) is 6.37. The molecule has 3 atom stereocenters. The van der Waals surface area contributed by atoms with Crippen molar-refractivity contribution in [1.82, 2.24) is 4.90 Å². The van der Waals surface area contributed by atoms with Crippen LogP contribution in [0.5, 0.6) is 0 Å². The van der Waals surface area contributed by atoms with E-state index >= 15 is 0 Å². The zero-order valence-corrected chi connectivity index (χ0v) is 13.4. The lowest BCUT2D eigenvalue weighted by Gasteiger charge is -2.33. The first-order valence-electron chi connectivity index (χ1n) is 7.99. The van der Waals surface area contributed by atoms with E-state index in [1.807, 2.05) is 24.3 Å². The summed E-state index contributed by atoms with van der Waals surface area (Å²) in [5.74, 6) is 0.855. The van der Waals surface area contributed by atoms with E-state index < -0.39 is 0 Å². The summed E-state index contributed by atoms with van der Waals surface area (Å²) < 4.78 is 11.8. The lowest BCUT2D eigenvalue weighted by Crippen LogP contribution is -2.40. The van der Waals surface area contributed by atoms with Gasteiger partial charge in [-0.1, -0.05) is 37.1 Å². The van der Waals surface area contributed by atoms with E-state index in [-0.39, 0.29) is 12.4 Å². The van der Waals surface area contributed by atoms with Crippen LogP contribution in [-0.4, -0.2) is 37.2 Å². The van der Waals surface area contributed by atoms with Gasteiger partial charge in [-0.2, -0.15) is 0 Å². The number of nitrogens with zero attached hydrogens (tertiary/aromatic N) is 1. The fourth-order valence-electron chi connectivity index (χ4n) is 3.28. The zero-order valence-electron chi connectivity index (χ0n) is 12.6. The van der Waals surface area contributed by atoms with Crippen molar-refractivity contribution in [3.05, 3.63) is 34.9 Å². The van der Waals surface area contributed by atoms with E-state index in [2.05, 4.69) is 11.8 Å². The molecule has 0 amide bonds. The highest BCUT2D eigenvalue weighted by Crippen LogP contribution is 2.29. The van der Waals surface area contributed by atoms with Crippen LogP contribution in [-0.2, 0) is 9.47 Å². The molecule has 0 bridgehead atoms. The Balaban J connectivity index is 1.51. The van der Waals surface area contributed by atoms with Crippen LogP contribution in [0.1, 0.15) is 38.0 Å². The zero-order chi connectivity index (χ0) is 14.7. The van der Waals surface area contributed by atoms with Crippen LogP contribution in [0.25, 0.3) is 0 Å². The molecule has 4 heteroatoms. The van der Waals surface area contributed by atoms with Gasteiger partial charge in [0.15, 0.2) is 6.29 Å². The van der Waals surface area contributed by atoms with Gasteiger partial charge in [0.25, 0.3) is 0 Å². The quantitative estimate of drug-likeness (QED) is 0.842. The summed E-state index contributed by atoms with van der Waals surface area (Å²) in [5, 5.41) is 0.743. The molecule has 0 saturated carbocycles. The van der Waals surface area contributed by atoms with Crippen LogP contribution in [0, 0.1) is 5.92 Å². The van der Waals surface area contributed by atoms with Crippen molar-refractivity contribution in [3.8, 4) is 0 Å². The molecule has 0 radical (unpaired) electrons. The van der Waals surface area contributed by atoms with E-state index in [9.17, 15) is 0 Å². The Morgan fingerprint density at radius 2 is 2.10 bits per heavy atom. The number of ether oxygens (including phenoxy) is 2. The highest BCUT2D eigenvalue weighted by atomic mass is 35.5. The highest BCUT2D eigenvalue weighted by Gasteiger charge is 2.30. The second-order valence-electron chi connectivity index (χ2n) is 6.15. The molecule has 21 heavy (non-hydrogen) atoms. The summed E-state index contributed by atoms with van der Waals surface area (Å²) in [5.41, 5.74) is 1.05. The van der Waals surface area contributed by atoms with Gasteiger partial charge in [0.1, 0.15) is 0 Å². The molecule has 2 heterocycles.